The Hall–Kier alpha value is -2.79. The fraction of sp³-hybridized carbons (Fsp3) is 0.111. The lowest BCUT2D eigenvalue weighted by atomic mass is 10.2. The van der Waals surface area contributed by atoms with Gasteiger partial charge in [-0.05, 0) is 31.2 Å². The average Bonchev–Trinajstić information content (AvgIpc) is 2.85. The van der Waals surface area contributed by atoms with Crippen LogP contribution in [0.15, 0.2) is 65.3 Å². The number of anilines is 1. The Morgan fingerprint density at radius 3 is 2.46 bits per heavy atom. The van der Waals surface area contributed by atoms with E-state index < -0.39 is 18.2 Å². The van der Waals surface area contributed by atoms with Gasteiger partial charge in [0.05, 0.1) is 5.56 Å². The molecule has 0 spiro atoms. The molecule has 0 saturated heterocycles. The fourth-order valence-electron chi connectivity index (χ4n) is 2.15. The van der Waals surface area contributed by atoms with Crippen molar-refractivity contribution in [2.24, 2.45) is 0 Å². The monoisotopic (exact) mass is 343 g/mol. The first-order chi connectivity index (χ1) is 11.5. The van der Waals surface area contributed by atoms with Gasteiger partial charge in [-0.3, -0.25) is 0 Å². The van der Waals surface area contributed by atoms with Crippen molar-refractivity contribution < 1.29 is 19.1 Å². The summed E-state index contributed by atoms with van der Waals surface area (Å²) in [6.07, 6.45) is -1.21. The zero-order valence-corrected chi connectivity index (χ0v) is 13.5. The van der Waals surface area contributed by atoms with Crippen LogP contribution in [-0.2, 0) is 14.3 Å². The van der Waals surface area contributed by atoms with Gasteiger partial charge in [-0.15, -0.1) is 0 Å². The summed E-state index contributed by atoms with van der Waals surface area (Å²) in [6.45, 7) is 1.96. The van der Waals surface area contributed by atoms with Gasteiger partial charge in [-0.2, -0.15) is 0 Å². The predicted octanol–water partition coefficient (Wildman–Crippen LogP) is 3.60. The van der Waals surface area contributed by atoms with E-state index in [0.717, 1.165) is 5.56 Å². The van der Waals surface area contributed by atoms with E-state index in [9.17, 15) is 9.59 Å². The summed E-state index contributed by atoms with van der Waals surface area (Å²) in [5, 5.41) is 2.84. The van der Waals surface area contributed by atoms with Gasteiger partial charge in [-0.1, -0.05) is 47.5 Å². The minimum absolute atomic E-state index is 0.138. The van der Waals surface area contributed by atoms with Gasteiger partial charge in [0, 0.05) is 5.69 Å². The van der Waals surface area contributed by atoms with E-state index >= 15 is 0 Å². The quantitative estimate of drug-likeness (QED) is 0.859. The normalized spacial score (nSPS) is 16.8. The first-order valence-corrected chi connectivity index (χ1v) is 7.63. The molecule has 1 aliphatic rings. The van der Waals surface area contributed by atoms with E-state index in [2.05, 4.69) is 5.32 Å². The number of cyclic esters (lactones) is 1. The zero-order chi connectivity index (χ0) is 17.1. The van der Waals surface area contributed by atoms with Crippen molar-refractivity contribution >= 4 is 29.2 Å². The molecule has 122 valence electrons. The molecule has 1 heterocycles. The number of hydrogen-bond acceptors (Lipinski definition) is 5. The SMILES string of the molecule is Cc1ccc(NC2=C(Cl)C(=O)O[C@@H]2OC(=O)c2ccccc2)cc1. The molecule has 1 atom stereocenters. The second-order valence-electron chi connectivity index (χ2n) is 5.23. The molecule has 5 nitrogen and oxygen atoms in total. The van der Waals surface area contributed by atoms with Crippen molar-refractivity contribution in [3.8, 4) is 0 Å². The van der Waals surface area contributed by atoms with E-state index in [1.54, 1.807) is 30.3 Å². The number of halogens is 1. The van der Waals surface area contributed by atoms with Gasteiger partial charge in [0.25, 0.3) is 6.29 Å². The van der Waals surface area contributed by atoms with Crippen LogP contribution < -0.4 is 5.32 Å². The first kappa shape index (κ1) is 16.1. The summed E-state index contributed by atoms with van der Waals surface area (Å²) in [5.41, 5.74) is 2.35. The molecule has 0 bridgehead atoms. The van der Waals surface area contributed by atoms with Crippen LogP contribution in [0.5, 0.6) is 0 Å². The highest BCUT2D eigenvalue weighted by atomic mass is 35.5. The highest BCUT2D eigenvalue weighted by molar-refractivity contribution is 6.42. The second-order valence-corrected chi connectivity index (χ2v) is 5.61. The van der Waals surface area contributed by atoms with Crippen LogP contribution in [-0.4, -0.2) is 18.2 Å². The highest BCUT2D eigenvalue weighted by Gasteiger charge is 2.36. The van der Waals surface area contributed by atoms with Crippen molar-refractivity contribution in [3.63, 3.8) is 0 Å². The Bertz CT molecular complexity index is 800. The molecule has 0 unspecified atom stereocenters. The second kappa shape index (κ2) is 6.76. The van der Waals surface area contributed by atoms with E-state index in [4.69, 9.17) is 21.1 Å². The summed E-state index contributed by atoms with van der Waals surface area (Å²) < 4.78 is 10.3. The minimum atomic E-state index is -1.21. The Morgan fingerprint density at radius 2 is 1.79 bits per heavy atom. The van der Waals surface area contributed by atoms with E-state index in [-0.39, 0.29) is 10.7 Å². The molecule has 2 aromatic rings. The van der Waals surface area contributed by atoms with Crippen LogP contribution in [0.25, 0.3) is 0 Å². The maximum atomic E-state index is 12.1. The van der Waals surface area contributed by atoms with Gasteiger partial charge in [0.2, 0.25) is 0 Å². The summed E-state index contributed by atoms with van der Waals surface area (Å²) >= 11 is 5.99. The Labute approximate surface area is 143 Å². The molecular weight excluding hydrogens is 330 g/mol. The largest absolute Gasteiger partial charge is 0.415 e. The summed E-state index contributed by atoms with van der Waals surface area (Å²) in [7, 11) is 0. The van der Waals surface area contributed by atoms with Crippen LogP contribution in [0.1, 0.15) is 15.9 Å². The molecule has 1 aliphatic heterocycles. The lowest BCUT2D eigenvalue weighted by Gasteiger charge is -2.16. The first-order valence-electron chi connectivity index (χ1n) is 7.25. The third kappa shape index (κ3) is 3.41. The lowest BCUT2D eigenvalue weighted by Crippen LogP contribution is -2.24. The van der Waals surface area contributed by atoms with Crippen molar-refractivity contribution in [1.29, 1.82) is 0 Å². The smallest absolute Gasteiger partial charge is 0.355 e. The molecule has 6 heteroatoms. The molecule has 0 aliphatic carbocycles. The number of rotatable bonds is 4. The van der Waals surface area contributed by atoms with Crippen LogP contribution in [0.3, 0.4) is 0 Å². The molecule has 0 amide bonds. The Morgan fingerprint density at radius 1 is 1.12 bits per heavy atom. The van der Waals surface area contributed by atoms with Crippen LogP contribution in [0, 0.1) is 6.92 Å². The van der Waals surface area contributed by atoms with Crippen molar-refractivity contribution in [3.05, 3.63) is 76.5 Å². The van der Waals surface area contributed by atoms with Crippen molar-refractivity contribution in [2.75, 3.05) is 5.32 Å². The van der Waals surface area contributed by atoms with Crippen LogP contribution in [0.2, 0.25) is 0 Å². The fourth-order valence-corrected chi connectivity index (χ4v) is 2.33. The highest BCUT2D eigenvalue weighted by Crippen LogP contribution is 2.28. The molecule has 24 heavy (non-hydrogen) atoms. The molecule has 3 rings (SSSR count). The van der Waals surface area contributed by atoms with Crippen molar-refractivity contribution in [1.82, 2.24) is 0 Å². The molecule has 0 radical (unpaired) electrons. The molecule has 1 N–H and O–H groups in total. The number of benzene rings is 2. The molecular formula is C18H14ClNO4. The van der Waals surface area contributed by atoms with Gasteiger partial charge in [0.15, 0.2) is 5.03 Å². The van der Waals surface area contributed by atoms with Crippen molar-refractivity contribution in [2.45, 2.75) is 13.2 Å². The predicted molar refractivity (Wildman–Crippen MR) is 89.4 cm³/mol. The zero-order valence-electron chi connectivity index (χ0n) is 12.8. The number of carbonyl (C=O) groups is 2. The third-order valence-corrected chi connectivity index (χ3v) is 3.78. The summed E-state index contributed by atoms with van der Waals surface area (Å²) in [5.74, 6) is -1.35. The molecule has 0 aromatic heterocycles. The Kier molecular flexibility index (Phi) is 4.53. The number of ether oxygens (including phenoxy) is 2. The number of aryl methyl sites for hydroxylation is 1. The maximum absolute atomic E-state index is 12.1. The topological polar surface area (TPSA) is 64.6 Å². The van der Waals surface area contributed by atoms with Gasteiger partial charge in [-0.25, -0.2) is 9.59 Å². The maximum Gasteiger partial charge on any atom is 0.355 e. The van der Waals surface area contributed by atoms with Gasteiger partial charge >= 0.3 is 11.9 Å². The molecule has 0 fully saturated rings. The minimum Gasteiger partial charge on any atom is -0.415 e. The number of nitrogens with one attached hydrogen (secondary N) is 1. The number of hydrogen-bond donors (Lipinski definition) is 1. The van der Waals surface area contributed by atoms with E-state index in [1.165, 1.54) is 0 Å². The van der Waals surface area contributed by atoms with E-state index in [1.807, 2.05) is 31.2 Å². The van der Waals surface area contributed by atoms with Crippen LogP contribution >= 0.6 is 11.6 Å². The standard InChI is InChI=1S/C18H14ClNO4/c1-11-7-9-13(10-8-11)20-15-14(19)17(22)24-18(15)23-16(21)12-5-3-2-4-6-12/h2-10,18,20H,1H3/t18-/m0/s1. The Balaban J connectivity index is 1.78. The van der Waals surface area contributed by atoms with Gasteiger partial charge < -0.3 is 14.8 Å². The molecule has 2 aromatic carbocycles. The third-order valence-electron chi connectivity index (χ3n) is 3.42. The lowest BCUT2D eigenvalue weighted by molar-refractivity contribution is -0.152. The van der Waals surface area contributed by atoms with E-state index in [0.29, 0.717) is 11.3 Å². The molecule has 0 saturated carbocycles. The number of esters is 2. The van der Waals surface area contributed by atoms with Crippen LogP contribution in [0.4, 0.5) is 5.69 Å². The average molecular weight is 344 g/mol. The summed E-state index contributed by atoms with van der Waals surface area (Å²) in [6, 6.07) is 15.9. The van der Waals surface area contributed by atoms with Gasteiger partial charge in [0.1, 0.15) is 5.70 Å². The number of carbonyl (C=O) groups excluding carboxylic acids is 2. The summed E-state index contributed by atoms with van der Waals surface area (Å²) in [4.78, 5) is 23.9.